The van der Waals surface area contributed by atoms with Crippen LogP contribution >= 0.6 is 24.8 Å². The van der Waals surface area contributed by atoms with E-state index in [-0.39, 0.29) is 30.7 Å². The summed E-state index contributed by atoms with van der Waals surface area (Å²) in [4.78, 5) is 19.3. The van der Waals surface area contributed by atoms with Gasteiger partial charge < -0.3 is 14.8 Å². The molecule has 1 unspecified atom stereocenters. The number of halogens is 2. The molecule has 5 nitrogen and oxygen atoms in total. The van der Waals surface area contributed by atoms with E-state index in [1.807, 2.05) is 37.2 Å². The molecule has 0 bridgehead atoms. The zero-order valence-corrected chi connectivity index (χ0v) is 16.3. The fourth-order valence-electron chi connectivity index (χ4n) is 4.07. The Kier molecular flexibility index (Phi) is 6.02. The lowest BCUT2D eigenvalue weighted by Crippen LogP contribution is -2.34. The highest BCUT2D eigenvalue weighted by atomic mass is 35.5. The highest BCUT2D eigenvalue weighted by Gasteiger charge is 2.58. The molecule has 25 heavy (non-hydrogen) atoms. The van der Waals surface area contributed by atoms with Crippen LogP contribution in [0.15, 0.2) is 24.3 Å². The molecule has 1 amide bonds. The quantitative estimate of drug-likeness (QED) is 0.884. The third-order valence-electron chi connectivity index (χ3n) is 5.72. The minimum Gasteiger partial charge on any atom is -0.338 e. The van der Waals surface area contributed by atoms with E-state index in [4.69, 9.17) is 0 Å². The van der Waals surface area contributed by atoms with Gasteiger partial charge in [-0.15, -0.1) is 24.8 Å². The summed E-state index contributed by atoms with van der Waals surface area (Å²) in [5.41, 5.74) is 2.40. The van der Waals surface area contributed by atoms with Gasteiger partial charge in [0.05, 0.1) is 17.6 Å². The second-order valence-corrected chi connectivity index (χ2v) is 7.14. The Labute approximate surface area is 161 Å². The molecular weight excluding hydrogens is 359 g/mol. The number of nitrogens with one attached hydrogen (secondary N) is 1. The number of aromatic nitrogens is 2. The molecule has 0 radical (unpaired) electrons. The number of hydrogen-bond acceptors (Lipinski definition) is 3. The maximum atomic E-state index is 12.8. The minimum absolute atomic E-state index is 0. The smallest absolute Gasteiger partial charge is 0.226 e. The SMILES string of the molecule is CN(Cc1nc2ccccc2n1C)C(=O)C1CC12CCNCC2.Cl.Cl. The van der Waals surface area contributed by atoms with Crippen LogP contribution in [0.2, 0.25) is 0 Å². The Balaban J connectivity index is 0.00000113. The number of piperidine rings is 1. The Morgan fingerprint density at radius 2 is 2.00 bits per heavy atom. The number of hydrogen-bond donors (Lipinski definition) is 1. The van der Waals surface area contributed by atoms with Crippen molar-refractivity contribution in [3.8, 4) is 0 Å². The van der Waals surface area contributed by atoms with Crippen molar-refractivity contribution in [2.75, 3.05) is 20.1 Å². The van der Waals surface area contributed by atoms with E-state index in [9.17, 15) is 4.79 Å². The molecule has 1 aliphatic carbocycles. The Bertz CT molecular complexity index is 755. The van der Waals surface area contributed by atoms with Gasteiger partial charge in [0.2, 0.25) is 5.91 Å². The van der Waals surface area contributed by atoms with Crippen molar-refractivity contribution in [3.63, 3.8) is 0 Å². The maximum Gasteiger partial charge on any atom is 0.226 e. The molecule has 1 aromatic carbocycles. The normalized spacial score (nSPS) is 20.6. The number of para-hydroxylation sites is 2. The van der Waals surface area contributed by atoms with Gasteiger partial charge in [0.25, 0.3) is 0 Å². The first-order chi connectivity index (χ1) is 11.1. The number of imidazole rings is 1. The predicted octanol–water partition coefficient (Wildman–Crippen LogP) is 2.77. The Hall–Kier alpha value is -1.30. The highest BCUT2D eigenvalue weighted by Crippen LogP contribution is 2.59. The van der Waals surface area contributed by atoms with E-state index in [0.717, 1.165) is 49.2 Å². The average Bonchev–Trinajstić information content (AvgIpc) is 3.16. The van der Waals surface area contributed by atoms with E-state index in [1.54, 1.807) is 0 Å². The maximum absolute atomic E-state index is 12.8. The van der Waals surface area contributed by atoms with Crippen LogP contribution in [0.5, 0.6) is 0 Å². The van der Waals surface area contributed by atoms with Crippen LogP contribution < -0.4 is 5.32 Å². The zero-order valence-electron chi connectivity index (χ0n) is 14.7. The van der Waals surface area contributed by atoms with E-state index in [0.29, 0.717) is 17.9 Å². The summed E-state index contributed by atoms with van der Waals surface area (Å²) in [7, 11) is 3.93. The van der Waals surface area contributed by atoms with Crippen molar-refractivity contribution >= 4 is 41.8 Å². The molecule has 1 aromatic heterocycles. The Morgan fingerprint density at radius 3 is 2.68 bits per heavy atom. The summed E-state index contributed by atoms with van der Waals surface area (Å²) in [5.74, 6) is 1.46. The van der Waals surface area contributed by atoms with Crippen LogP contribution in [0.25, 0.3) is 11.0 Å². The van der Waals surface area contributed by atoms with E-state index >= 15 is 0 Å². The van der Waals surface area contributed by atoms with Gasteiger partial charge in [-0.3, -0.25) is 4.79 Å². The summed E-state index contributed by atoms with van der Waals surface area (Å²) in [6, 6.07) is 8.11. The van der Waals surface area contributed by atoms with Crippen LogP contribution in [0.4, 0.5) is 0 Å². The van der Waals surface area contributed by atoms with Crippen LogP contribution in [-0.2, 0) is 18.4 Å². The first kappa shape index (κ1) is 20.0. The molecule has 1 atom stereocenters. The predicted molar refractivity (Wildman–Crippen MR) is 104 cm³/mol. The number of rotatable bonds is 3. The molecule has 1 spiro atoms. The fraction of sp³-hybridized carbons (Fsp3) is 0.556. The molecule has 2 fully saturated rings. The second-order valence-electron chi connectivity index (χ2n) is 7.14. The summed E-state index contributed by atoms with van der Waals surface area (Å²) >= 11 is 0. The van der Waals surface area contributed by atoms with Crippen molar-refractivity contribution in [3.05, 3.63) is 30.1 Å². The van der Waals surface area contributed by atoms with E-state index in [1.165, 1.54) is 0 Å². The number of benzene rings is 1. The fourth-order valence-corrected chi connectivity index (χ4v) is 4.07. The van der Waals surface area contributed by atoms with Crippen LogP contribution in [0.1, 0.15) is 25.1 Å². The number of aryl methyl sites for hydroxylation is 1. The zero-order chi connectivity index (χ0) is 16.0. The van der Waals surface area contributed by atoms with E-state index < -0.39 is 0 Å². The number of amides is 1. The van der Waals surface area contributed by atoms with Crippen LogP contribution in [0, 0.1) is 11.3 Å². The van der Waals surface area contributed by atoms with Crippen molar-refractivity contribution in [2.45, 2.75) is 25.8 Å². The molecule has 1 aliphatic heterocycles. The topological polar surface area (TPSA) is 50.2 Å². The molecule has 4 rings (SSSR count). The standard InChI is InChI=1S/C18H24N4O.2ClH/c1-21(17(23)13-11-18(13)7-9-19-10-8-18)12-16-20-14-5-3-4-6-15(14)22(16)2;;/h3-6,13,19H,7-12H2,1-2H3;2*1H. The largest absolute Gasteiger partial charge is 0.338 e. The number of nitrogens with zero attached hydrogens (tertiary/aromatic N) is 3. The van der Waals surface area contributed by atoms with Gasteiger partial charge in [-0.05, 0) is 49.9 Å². The van der Waals surface area contributed by atoms with Gasteiger partial charge in [-0.2, -0.15) is 0 Å². The molecular formula is C18H26Cl2N4O. The summed E-state index contributed by atoms with van der Waals surface area (Å²) < 4.78 is 2.09. The minimum atomic E-state index is 0. The molecule has 7 heteroatoms. The van der Waals surface area contributed by atoms with Gasteiger partial charge in [0, 0.05) is 20.0 Å². The van der Waals surface area contributed by atoms with Crippen molar-refractivity contribution in [2.24, 2.45) is 18.4 Å². The lowest BCUT2D eigenvalue weighted by atomic mass is 9.91. The van der Waals surface area contributed by atoms with Gasteiger partial charge in [-0.1, -0.05) is 12.1 Å². The first-order valence-electron chi connectivity index (χ1n) is 8.47. The lowest BCUT2D eigenvalue weighted by Gasteiger charge is -2.25. The molecule has 138 valence electrons. The summed E-state index contributed by atoms with van der Waals surface area (Å²) in [6.07, 6.45) is 3.35. The Morgan fingerprint density at radius 1 is 1.32 bits per heavy atom. The summed E-state index contributed by atoms with van der Waals surface area (Å²) in [5, 5.41) is 3.39. The van der Waals surface area contributed by atoms with Crippen molar-refractivity contribution in [1.82, 2.24) is 19.8 Å². The average molecular weight is 385 g/mol. The number of fused-ring (bicyclic) bond motifs is 1. The van der Waals surface area contributed by atoms with Crippen LogP contribution in [0.3, 0.4) is 0 Å². The van der Waals surface area contributed by atoms with Crippen molar-refractivity contribution < 1.29 is 4.79 Å². The second kappa shape index (κ2) is 7.52. The third-order valence-corrected chi connectivity index (χ3v) is 5.72. The van der Waals surface area contributed by atoms with Gasteiger partial charge in [0.1, 0.15) is 5.82 Å². The van der Waals surface area contributed by atoms with Crippen LogP contribution in [-0.4, -0.2) is 40.5 Å². The molecule has 1 N–H and O–H groups in total. The number of carbonyl (C=O) groups is 1. The van der Waals surface area contributed by atoms with E-state index in [2.05, 4.69) is 20.9 Å². The molecule has 2 heterocycles. The van der Waals surface area contributed by atoms with Gasteiger partial charge >= 0.3 is 0 Å². The molecule has 1 saturated carbocycles. The molecule has 2 aromatic rings. The third kappa shape index (κ3) is 3.50. The monoisotopic (exact) mass is 384 g/mol. The van der Waals surface area contributed by atoms with Gasteiger partial charge in [-0.25, -0.2) is 4.98 Å². The highest BCUT2D eigenvalue weighted by molar-refractivity contribution is 5.85. The van der Waals surface area contributed by atoms with Crippen molar-refractivity contribution in [1.29, 1.82) is 0 Å². The summed E-state index contributed by atoms with van der Waals surface area (Å²) in [6.45, 7) is 2.69. The number of carbonyl (C=O) groups excluding carboxylic acids is 1. The lowest BCUT2D eigenvalue weighted by molar-refractivity contribution is -0.133. The first-order valence-corrected chi connectivity index (χ1v) is 8.47. The van der Waals surface area contributed by atoms with Gasteiger partial charge in [0.15, 0.2) is 0 Å². The molecule has 2 aliphatic rings. The molecule has 1 saturated heterocycles.